The molecular formula is C22H28B2S2. The molecule has 2 aromatic rings. The van der Waals surface area contributed by atoms with Crippen molar-refractivity contribution in [3.8, 4) is 0 Å². The van der Waals surface area contributed by atoms with E-state index in [1.54, 1.807) is 0 Å². The summed E-state index contributed by atoms with van der Waals surface area (Å²) in [4.78, 5) is 0. The molecule has 1 atom stereocenters. The Balaban J connectivity index is 1.76. The van der Waals surface area contributed by atoms with E-state index in [0.717, 1.165) is 33.2 Å². The number of hydrogen-bond donors (Lipinski definition) is 0. The first kappa shape index (κ1) is 21.6. The first-order valence-corrected chi connectivity index (χ1v) is 11.8. The number of benzene rings is 2. The number of rotatable bonds is 12. The fourth-order valence-corrected chi connectivity index (χ4v) is 5.32. The Morgan fingerprint density at radius 3 is 2.50 bits per heavy atom. The zero-order valence-corrected chi connectivity index (χ0v) is 17.5. The van der Waals surface area contributed by atoms with Crippen molar-refractivity contribution in [3.05, 3.63) is 59.7 Å². The predicted octanol–water partition coefficient (Wildman–Crippen LogP) is 4.78. The lowest BCUT2D eigenvalue weighted by Gasteiger charge is -2.17. The van der Waals surface area contributed by atoms with E-state index in [1.165, 1.54) is 43.4 Å². The van der Waals surface area contributed by atoms with Crippen LogP contribution in [-0.2, 0) is 11.5 Å². The van der Waals surface area contributed by atoms with Crippen LogP contribution < -0.4 is 10.9 Å². The molecule has 0 saturated carbocycles. The summed E-state index contributed by atoms with van der Waals surface area (Å²) in [5.74, 6) is 3.24. The Hall–Kier alpha value is -0.730. The monoisotopic (exact) mass is 378 g/mol. The fraction of sp³-hybridized carbons (Fsp3) is 0.455. The van der Waals surface area contributed by atoms with Crippen LogP contribution in [-0.4, -0.2) is 26.7 Å². The first-order chi connectivity index (χ1) is 12.7. The molecule has 0 N–H and O–H groups in total. The SMILES string of the molecule is [B]c1ccc([B])c(CSCCC(CCCCC)SCc2ccccc2)c1. The molecular weight excluding hydrogens is 350 g/mol. The Kier molecular flexibility index (Phi) is 10.5. The van der Waals surface area contributed by atoms with Gasteiger partial charge in [-0.1, -0.05) is 85.6 Å². The van der Waals surface area contributed by atoms with Gasteiger partial charge >= 0.3 is 0 Å². The van der Waals surface area contributed by atoms with Crippen molar-refractivity contribution in [1.29, 1.82) is 0 Å². The average Bonchev–Trinajstić information content (AvgIpc) is 2.66. The minimum absolute atomic E-state index is 0.743. The van der Waals surface area contributed by atoms with Crippen molar-refractivity contribution >= 4 is 50.1 Å². The minimum atomic E-state index is 0.743. The van der Waals surface area contributed by atoms with Crippen LogP contribution in [0, 0.1) is 0 Å². The first-order valence-electron chi connectivity index (χ1n) is 9.56. The third-order valence-electron chi connectivity index (χ3n) is 4.47. The van der Waals surface area contributed by atoms with Gasteiger partial charge in [-0.2, -0.15) is 23.5 Å². The molecule has 4 radical (unpaired) electrons. The lowest BCUT2D eigenvalue weighted by Crippen LogP contribution is -2.15. The lowest BCUT2D eigenvalue weighted by atomic mass is 9.85. The molecule has 0 amide bonds. The van der Waals surface area contributed by atoms with Crippen LogP contribution >= 0.6 is 23.5 Å². The van der Waals surface area contributed by atoms with Crippen molar-refractivity contribution in [2.45, 2.75) is 55.8 Å². The second-order valence-corrected chi connectivity index (χ2v) is 9.11. The van der Waals surface area contributed by atoms with Gasteiger partial charge in [0.05, 0.1) is 0 Å². The lowest BCUT2D eigenvalue weighted by molar-refractivity contribution is 0.637. The van der Waals surface area contributed by atoms with Crippen LogP contribution in [0.15, 0.2) is 48.5 Å². The minimum Gasteiger partial charge on any atom is -0.157 e. The maximum atomic E-state index is 6.05. The van der Waals surface area contributed by atoms with E-state index in [-0.39, 0.29) is 0 Å². The quantitative estimate of drug-likeness (QED) is 0.385. The largest absolute Gasteiger partial charge is 0.157 e. The molecule has 26 heavy (non-hydrogen) atoms. The summed E-state index contributed by atoms with van der Waals surface area (Å²) in [6.45, 7) is 2.28. The van der Waals surface area contributed by atoms with Crippen molar-refractivity contribution in [1.82, 2.24) is 0 Å². The van der Waals surface area contributed by atoms with Gasteiger partial charge in [0.1, 0.15) is 15.7 Å². The highest BCUT2D eigenvalue weighted by atomic mass is 32.2. The van der Waals surface area contributed by atoms with Crippen molar-refractivity contribution < 1.29 is 0 Å². The van der Waals surface area contributed by atoms with E-state index < -0.39 is 0 Å². The Labute approximate surface area is 171 Å². The van der Waals surface area contributed by atoms with Gasteiger partial charge < -0.3 is 0 Å². The summed E-state index contributed by atoms with van der Waals surface area (Å²) in [7, 11) is 11.9. The molecule has 0 nitrogen and oxygen atoms in total. The number of thioether (sulfide) groups is 2. The average molecular weight is 378 g/mol. The van der Waals surface area contributed by atoms with E-state index in [4.69, 9.17) is 15.7 Å². The molecule has 0 aliphatic rings. The summed E-state index contributed by atoms with van der Waals surface area (Å²) < 4.78 is 0. The maximum absolute atomic E-state index is 6.05. The second kappa shape index (κ2) is 12.6. The van der Waals surface area contributed by atoms with Crippen LogP contribution in [0.1, 0.15) is 50.2 Å². The highest BCUT2D eigenvalue weighted by Crippen LogP contribution is 2.27. The van der Waals surface area contributed by atoms with Crippen LogP contribution in [0.5, 0.6) is 0 Å². The van der Waals surface area contributed by atoms with Gasteiger partial charge in [-0.05, 0) is 29.7 Å². The van der Waals surface area contributed by atoms with E-state index in [0.29, 0.717) is 0 Å². The van der Waals surface area contributed by atoms with Crippen molar-refractivity contribution in [3.63, 3.8) is 0 Å². The summed E-state index contributed by atoms with van der Waals surface area (Å²) in [5.41, 5.74) is 4.24. The molecule has 0 bridgehead atoms. The maximum Gasteiger partial charge on any atom is 0.114 e. The van der Waals surface area contributed by atoms with Gasteiger partial charge in [0.25, 0.3) is 0 Å². The van der Waals surface area contributed by atoms with Gasteiger partial charge in [-0.3, -0.25) is 0 Å². The standard InChI is InChI=1S/C22H28B2S2/c1-2-3-5-10-21(26-16-18-8-6-4-7-9-18)13-14-25-17-19-15-20(23)11-12-22(19)24/h4,6-9,11-12,15,21H,2-3,5,10,13-14,16-17H2,1H3. The third-order valence-corrected chi connectivity index (χ3v) is 6.95. The summed E-state index contributed by atoms with van der Waals surface area (Å²) in [6, 6.07) is 16.6. The molecule has 0 fully saturated rings. The molecule has 1 unspecified atom stereocenters. The highest BCUT2D eigenvalue weighted by molar-refractivity contribution is 7.99. The summed E-state index contributed by atoms with van der Waals surface area (Å²) in [5, 5.41) is 0.743. The van der Waals surface area contributed by atoms with Crippen LogP contribution in [0.2, 0.25) is 0 Å². The highest BCUT2D eigenvalue weighted by Gasteiger charge is 2.10. The summed E-state index contributed by atoms with van der Waals surface area (Å²) >= 11 is 4.09. The van der Waals surface area contributed by atoms with Gasteiger partial charge in [0, 0.05) is 16.8 Å². The van der Waals surface area contributed by atoms with Crippen molar-refractivity contribution in [2.24, 2.45) is 0 Å². The second-order valence-electron chi connectivity index (χ2n) is 6.71. The number of unbranched alkanes of at least 4 members (excludes halogenated alkanes) is 2. The molecule has 0 aliphatic carbocycles. The van der Waals surface area contributed by atoms with Gasteiger partial charge in [-0.25, -0.2) is 0 Å². The third kappa shape index (κ3) is 8.31. The Morgan fingerprint density at radius 1 is 0.923 bits per heavy atom. The van der Waals surface area contributed by atoms with Gasteiger partial charge in [0.2, 0.25) is 0 Å². The van der Waals surface area contributed by atoms with E-state index in [2.05, 4.69) is 49.0 Å². The molecule has 0 spiro atoms. The Bertz CT molecular complexity index is 631. The molecule has 4 heteroatoms. The molecule has 2 aromatic carbocycles. The van der Waals surface area contributed by atoms with Gasteiger partial charge in [0.15, 0.2) is 0 Å². The molecule has 2 rings (SSSR count). The van der Waals surface area contributed by atoms with Crippen LogP contribution in [0.3, 0.4) is 0 Å². The number of hydrogen-bond acceptors (Lipinski definition) is 2. The smallest absolute Gasteiger partial charge is 0.114 e. The zero-order valence-electron chi connectivity index (χ0n) is 15.8. The predicted molar refractivity (Wildman–Crippen MR) is 124 cm³/mol. The molecule has 0 aliphatic heterocycles. The van der Waals surface area contributed by atoms with Gasteiger partial charge in [-0.15, -0.1) is 0 Å². The van der Waals surface area contributed by atoms with E-state index >= 15 is 0 Å². The normalized spacial score (nSPS) is 12.2. The zero-order chi connectivity index (χ0) is 18.6. The summed E-state index contributed by atoms with van der Waals surface area (Å²) in [6.07, 6.45) is 6.56. The van der Waals surface area contributed by atoms with Crippen molar-refractivity contribution in [2.75, 3.05) is 5.75 Å². The Morgan fingerprint density at radius 2 is 1.73 bits per heavy atom. The van der Waals surface area contributed by atoms with E-state index in [1.807, 2.05) is 30.0 Å². The molecule has 0 heterocycles. The van der Waals surface area contributed by atoms with Crippen LogP contribution in [0.4, 0.5) is 0 Å². The topological polar surface area (TPSA) is 0 Å². The van der Waals surface area contributed by atoms with Crippen LogP contribution in [0.25, 0.3) is 0 Å². The molecule has 134 valence electrons. The fourth-order valence-electron chi connectivity index (χ4n) is 2.87. The molecule has 0 saturated heterocycles. The van der Waals surface area contributed by atoms with E-state index in [9.17, 15) is 0 Å². The molecule has 0 aromatic heterocycles.